The molecule has 1 heterocycles. The van der Waals surface area contributed by atoms with Crippen molar-refractivity contribution >= 4 is 23.1 Å². The summed E-state index contributed by atoms with van der Waals surface area (Å²) in [4.78, 5) is 14.4. The van der Waals surface area contributed by atoms with E-state index in [1.807, 2.05) is 6.92 Å². The molecule has 0 spiro atoms. The van der Waals surface area contributed by atoms with E-state index in [4.69, 9.17) is 18.0 Å². The van der Waals surface area contributed by atoms with Crippen LogP contribution in [0.1, 0.15) is 30.1 Å². The average molecular weight is 296 g/mol. The zero-order chi connectivity index (χ0) is 14.9. The second-order valence-electron chi connectivity index (χ2n) is 5.38. The molecule has 20 heavy (non-hydrogen) atoms. The highest BCUT2D eigenvalue weighted by Gasteiger charge is 2.34. The number of rotatable bonds is 2. The molecule has 1 aromatic rings. The Balaban J connectivity index is 2.11. The van der Waals surface area contributed by atoms with Gasteiger partial charge in [0.2, 0.25) is 0 Å². The number of carbonyl (C=O) groups is 1. The van der Waals surface area contributed by atoms with Crippen LogP contribution < -0.4 is 5.73 Å². The first kappa shape index (κ1) is 14.7. The van der Waals surface area contributed by atoms with E-state index < -0.39 is 5.82 Å². The van der Waals surface area contributed by atoms with Crippen LogP contribution in [-0.4, -0.2) is 34.0 Å². The molecule has 1 amide bonds. The molecule has 3 N–H and O–H groups in total. The van der Waals surface area contributed by atoms with Crippen LogP contribution in [0.4, 0.5) is 4.39 Å². The van der Waals surface area contributed by atoms with Crippen molar-refractivity contribution in [3.63, 3.8) is 0 Å². The molecule has 0 aliphatic carbocycles. The molecule has 6 heteroatoms. The predicted octanol–water partition coefficient (Wildman–Crippen LogP) is 2.06. The Hall–Kier alpha value is -1.69. The van der Waals surface area contributed by atoms with Gasteiger partial charge in [0.1, 0.15) is 11.6 Å². The number of amides is 1. The lowest BCUT2D eigenvalue weighted by Gasteiger charge is -2.38. The fourth-order valence-corrected chi connectivity index (χ4v) is 2.51. The van der Waals surface area contributed by atoms with Gasteiger partial charge in [-0.15, -0.1) is 0 Å². The molecule has 0 aromatic heterocycles. The molecule has 1 aliphatic heterocycles. The van der Waals surface area contributed by atoms with E-state index in [0.717, 1.165) is 12.1 Å². The summed E-state index contributed by atoms with van der Waals surface area (Å²) in [6.07, 6.45) is 1.38. The molecule has 0 bridgehead atoms. The highest BCUT2D eigenvalue weighted by molar-refractivity contribution is 7.80. The summed E-state index contributed by atoms with van der Waals surface area (Å²) >= 11 is 5.05. The van der Waals surface area contributed by atoms with E-state index in [0.29, 0.717) is 30.9 Å². The number of halogens is 1. The average Bonchev–Trinajstić information content (AvgIpc) is 2.38. The summed E-state index contributed by atoms with van der Waals surface area (Å²) < 4.78 is 12.9. The summed E-state index contributed by atoms with van der Waals surface area (Å²) in [5, 5.41) is 9.66. The summed E-state index contributed by atoms with van der Waals surface area (Å²) in [5.41, 5.74) is 5.61. The van der Waals surface area contributed by atoms with Gasteiger partial charge in [0.15, 0.2) is 0 Å². The van der Waals surface area contributed by atoms with E-state index in [-0.39, 0.29) is 22.6 Å². The van der Waals surface area contributed by atoms with E-state index in [1.165, 1.54) is 6.07 Å². The summed E-state index contributed by atoms with van der Waals surface area (Å²) in [7, 11) is 0. The van der Waals surface area contributed by atoms with Gasteiger partial charge in [-0.05, 0) is 25.0 Å². The Morgan fingerprint density at radius 3 is 2.55 bits per heavy atom. The Morgan fingerprint density at radius 1 is 1.45 bits per heavy atom. The van der Waals surface area contributed by atoms with Gasteiger partial charge in [0.25, 0.3) is 5.91 Å². The minimum Gasteiger partial charge on any atom is -0.507 e. The third kappa shape index (κ3) is 2.75. The number of likely N-dealkylation sites (tertiary alicyclic amines) is 1. The largest absolute Gasteiger partial charge is 0.507 e. The number of nitrogens with two attached hydrogens (primary N) is 1. The van der Waals surface area contributed by atoms with Crippen LogP contribution in [0.2, 0.25) is 0 Å². The molecule has 0 unspecified atom stereocenters. The molecular formula is C14H17FN2O2S. The van der Waals surface area contributed by atoms with Crippen molar-refractivity contribution in [3.8, 4) is 5.75 Å². The molecule has 1 saturated heterocycles. The number of aromatic hydroxyl groups is 1. The Labute approximate surface area is 122 Å². The quantitative estimate of drug-likeness (QED) is 0.820. The lowest BCUT2D eigenvalue weighted by molar-refractivity contribution is 0.0667. The van der Waals surface area contributed by atoms with Crippen molar-refractivity contribution < 1.29 is 14.3 Å². The number of phenolic OH excluding ortho intramolecular Hbond substituents is 1. The van der Waals surface area contributed by atoms with Crippen molar-refractivity contribution in [2.75, 3.05) is 13.1 Å². The second-order valence-corrected chi connectivity index (χ2v) is 5.82. The minimum absolute atomic E-state index is 0.116. The van der Waals surface area contributed by atoms with Crippen molar-refractivity contribution in [1.29, 1.82) is 0 Å². The second kappa shape index (κ2) is 5.36. The Bertz CT molecular complexity index is 554. The van der Waals surface area contributed by atoms with Crippen LogP contribution in [0, 0.1) is 11.2 Å². The SMILES string of the molecule is CC1(C(N)=S)CCN(C(=O)c2ccc(F)cc2O)CC1. The van der Waals surface area contributed by atoms with Crippen LogP contribution in [-0.2, 0) is 0 Å². The van der Waals surface area contributed by atoms with Crippen molar-refractivity contribution in [3.05, 3.63) is 29.6 Å². The molecule has 1 aliphatic rings. The number of carbonyl (C=O) groups excluding carboxylic acids is 1. The maximum atomic E-state index is 12.9. The van der Waals surface area contributed by atoms with E-state index in [2.05, 4.69) is 0 Å². The molecular weight excluding hydrogens is 279 g/mol. The monoisotopic (exact) mass is 296 g/mol. The van der Waals surface area contributed by atoms with Crippen LogP contribution >= 0.6 is 12.2 Å². The molecule has 0 atom stereocenters. The highest BCUT2D eigenvalue weighted by atomic mass is 32.1. The lowest BCUT2D eigenvalue weighted by atomic mass is 9.80. The molecule has 1 aromatic carbocycles. The van der Waals surface area contributed by atoms with Crippen LogP contribution in [0.3, 0.4) is 0 Å². The van der Waals surface area contributed by atoms with Crippen molar-refractivity contribution in [2.45, 2.75) is 19.8 Å². The number of hydrogen-bond acceptors (Lipinski definition) is 3. The zero-order valence-electron chi connectivity index (χ0n) is 11.2. The fourth-order valence-electron chi connectivity index (χ4n) is 2.31. The van der Waals surface area contributed by atoms with Gasteiger partial charge in [-0.3, -0.25) is 4.79 Å². The minimum atomic E-state index is -0.571. The maximum absolute atomic E-state index is 12.9. The Morgan fingerprint density at radius 2 is 2.05 bits per heavy atom. The fraction of sp³-hybridized carbons (Fsp3) is 0.429. The van der Waals surface area contributed by atoms with Gasteiger partial charge in [0.05, 0.1) is 10.6 Å². The number of nitrogens with zero attached hydrogens (tertiary/aromatic N) is 1. The third-order valence-corrected chi connectivity index (χ3v) is 4.43. The summed E-state index contributed by atoms with van der Waals surface area (Å²) in [5.74, 6) is -1.20. The van der Waals surface area contributed by atoms with Gasteiger partial charge in [-0.25, -0.2) is 4.39 Å². The van der Waals surface area contributed by atoms with Gasteiger partial charge in [0, 0.05) is 24.6 Å². The van der Waals surface area contributed by atoms with Crippen LogP contribution in [0.25, 0.3) is 0 Å². The van der Waals surface area contributed by atoms with Gasteiger partial charge < -0.3 is 15.7 Å². The molecule has 0 radical (unpaired) electrons. The first-order valence-electron chi connectivity index (χ1n) is 6.41. The predicted molar refractivity (Wildman–Crippen MR) is 78.1 cm³/mol. The van der Waals surface area contributed by atoms with E-state index >= 15 is 0 Å². The highest BCUT2D eigenvalue weighted by Crippen LogP contribution is 2.32. The number of thiocarbonyl (C=S) groups is 1. The van der Waals surface area contributed by atoms with E-state index in [9.17, 15) is 14.3 Å². The number of benzene rings is 1. The van der Waals surface area contributed by atoms with E-state index in [1.54, 1.807) is 4.90 Å². The number of phenols is 1. The smallest absolute Gasteiger partial charge is 0.257 e. The van der Waals surface area contributed by atoms with Crippen molar-refractivity contribution in [1.82, 2.24) is 4.90 Å². The molecule has 0 saturated carbocycles. The number of hydrogen-bond donors (Lipinski definition) is 2. The normalized spacial score (nSPS) is 17.8. The molecule has 4 nitrogen and oxygen atoms in total. The summed E-state index contributed by atoms with van der Waals surface area (Å²) in [6.45, 7) is 3.03. The number of piperidine rings is 1. The first-order chi connectivity index (χ1) is 9.33. The van der Waals surface area contributed by atoms with Gasteiger partial charge in [-0.1, -0.05) is 19.1 Å². The van der Waals surface area contributed by atoms with Crippen LogP contribution in [0.15, 0.2) is 18.2 Å². The maximum Gasteiger partial charge on any atom is 0.257 e. The summed E-state index contributed by atoms with van der Waals surface area (Å²) in [6, 6.07) is 3.40. The molecule has 1 fully saturated rings. The van der Waals surface area contributed by atoms with Crippen molar-refractivity contribution in [2.24, 2.45) is 11.1 Å². The Kier molecular flexibility index (Phi) is 3.94. The van der Waals surface area contributed by atoms with Gasteiger partial charge in [-0.2, -0.15) is 0 Å². The van der Waals surface area contributed by atoms with Crippen LogP contribution in [0.5, 0.6) is 5.75 Å². The molecule has 2 rings (SSSR count). The zero-order valence-corrected chi connectivity index (χ0v) is 12.0. The topological polar surface area (TPSA) is 66.6 Å². The standard InChI is InChI=1S/C14H17FN2O2S/c1-14(13(16)20)4-6-17(7-5-14)12(19)10-3-2-9(15)8-11(10)18/h2-3,8,18H,4-7H2,1H3,(H2,16,20). The first-order valence-corrected chi connectivity index (χ1v) is 6.82. The van der Waals surface area contributed by atoms with Gasteiger partial charge >= 0.3 is 0 Å². The molecule has 108 valence electrons. The lowest BCUT2D eigenvalue weighted by Crippen LogP contribution is -2.46. The third-order valence-electron chi connectivity index (χ3n) is 3.94.